The van der Waals surface area contributed by atoms with Crippen LogP contribution in [0.25, 0.3) is 0 Å². The molecule has 1 rings (SSSR count). The van der Waals surface area contributed by atoms with Crippen molar-refractivity contribution in [2.24, 2.45) is 0 Å². The van der Waals surface area contributed by atoms with Crippen LogP contribution in [0.2, 0.25) is 0 Å². The standard InChI is InChI=1S/C12H16INO4/c1-16-5-6-18-8-12(15)14-11-4-3-9(17-2)7-10(11)13/h3-4,7H,5-6,8H2,1-2H3,(H,14,15). The number of methoxy groups -OCH3 is 2. The Labute approximate surface area is 120 Å². The number of ether oxygens (including phenoxy) is 3. The Kier molecular flexibility index (Phi) is 6.99. The summed E-state index contributed by atoms with van der Waals surface area (Å²) in [5.41, 5.74) is 0.747. The predicted octanol–water partition coefficient (Wildman–Crippen LogP) is 1.90. The molecule has 1 N–H and O–H groups in total. The van der Waals surface area contributed by atoms with Gasteiger partial charge < -0.3 is 19.5 Å². The average molecular weight is 365 g/mol. The van der Waals surface area contributed by atoms with E-state index < -0.39 is 0 Å². The molecule has 0 heterocycles. The average Bonchev–Trinajstić information content (AvgIpc) is 2.37. The fraction of sp³-hybridized carbons (Fsp3) is 0.417. The van der Waals surface area contributed by atoms with Crippen LogP contribution in [0.5, 0.6) is 5.75 Å². The highest BCUT2D eigenvalue weighted by Gasteiger charge is 2.06. The summed E-state index contributed by atoms with van der Waals surface area (Å²) >= 11 is 2.14. The highest BCUT2D eigenvalue weighted by Crippen LogP contribution is 2.23. The van der Waals surface area contributed by atoms with Gasteiger partial charge in [-0.3, -0.25) is 4.79 Å². The first kappa shape index (κ1) is 15.2. The highest BCUT2D eigenvalue weighted by molar-refractivity contribution is 14.1. The molecule has 0 radical (unpaired) electrons. The zero-order chi connectivity index (χ0) is 13.4. The van der Waals surface area contributed by atoms with Crippen molar-refractivity contribution in [1.29, 1.82) is 0 Å². The number of anilines is 1. The van der Waals surface area contributed by atoms with Gasteiger partial charge in [0.25, 0.3) is 0 Å². The van der Waals surface area contributed by atoms with Crippen molar-refractivity contribution in [3.05, 3.63) is 21.8 Å². The Balaban J connectivity index is 2.44. The quantitative estimate of drug-likeness (QED) is 0.593. The molecule has 1 aromatic carbocycles. The van der Waals surface area contributed by atoms with Gasteiger partial charge in [0.1, 0.15) is 12.4 Å². The third-order valence-corrected chi connectivity index (χ3v) is 3.01. The van der Waals surface area contributed by atoms with Gasteiger partial charge in [-0.1, -0.05) is 0 Å². The molecule has 0 aliphatic carbocycles. The highest BCUT2D eigenvalue weighted by atomic mass is 127. The number of carbonyl (C=O) groups is 1. The fourth-order valence-electron chi connectivity index (χ4n) is 1.22. The van der Waals surface area contributed by atoms with Crippen molar-refractivity contribution in [2.45, 2.75) is 0 Å². The summed E-state index contributed by atoms with van der Waals surface area (Å²) in [6.07, 6.45) is 0. The summed E-state index contributed by atoms with van der Waals surface area (Å²) in [4.78, 5) is 11.6. The monoisotopic (exact) mass is 365 g/mol. The van der Waals surface area contributed by atoms with E-state index in [1.54, 1.807) is 26.4 Å². The minimum absolute atomic E-state index is 0.0193. The lowest BCUT2D eigenvalue weighted by atomic mass is 10.3. The lowest BCUT2D eigenvalue weighted by Gasteiger charge is -2.09. The Morgan fingerprint density at radius 3 is 2.72 bits per heavy atom. The third-order valence-electron chi connectivity index (χ3n) is 2.12. The van der Waals surface area contributed by atoms with Gasteiger partial charge in [0.05, 0.1) is 26.0 Å². The SMILES string of the molecule is COCCOCC(=O)Nc1ccc(OC)cc1I. The minimum Gasteiger partial charge on any atom is -0.497 e. The van der Waals surface area contributed by atoms with Crippen LogP contribution in [-0.2, 0) is 14.3 Å². The van der Waals surface area contributed by atoms with Gasteiger partial charge >= 0.3 is 0 Å². The predicted molar refractivity (Wildman–Crippen MR) is 77.0 cm³/mol. The van der Waals surface area contributed by atoms with Gasteiger partial charge in [-0.2, -0.15) is 0 Å². The molecule has 1 aromatic rings. The number of rotatable bonds is 7. The first-order chi connectivity index (χ1) is 8.67. The molecule has 0 saturated carbocycles. The van der Waals surface area contributed by atoms with E-state index in [1.807, 2.05) is 6.07 Å². The van der Waals surface area contributed by atoms with E-state index in [4.69, 9.17) is 14.2 Å². The molecule has 1 amide bonds. The lowest BCUT2D eigenvalue weighted by molar-refractivity contribution is -0.121. The molecular weight excluding hydrogens is 349 g/mol. The Morgan fingerprint density at radius 1 is 1.33 bits per heavy atom. The summed E-state index contributed by atoms with van der Waals surface area (Å²) in [6.45, 7) is 0.905. The van der Waals surface area contributed by atoms with Crippen molar-refractivity contribution >= 4 is 34.2 Å². The van der Waals surface area contributed by atoms with E-state index in [0.29, 0.717) is 13.2 Å². The zero-order valence-electron chi connectivity index (χ0n) is 10.4. The van der Waals surface area contributed by atoms with E-state index >= 15 is 0 Å². The van der Waals surface area contributed by atoms with Crippen LogP contribution in [0.1, 0.15) is 0 Å². The van der Waals surface area contributed by atoms with Crippen molar-refractivity contribution < 1.29 is 19.0 Å². The van der Waals surface area contributed by atoms with Crippen molar-refractivity contribution in [3.8, 4) is 5.75 Å². The van der Waals surface area contributed by atoms with E-state index in [0.717, 1.165) is 15.0 Å². The van der Waals surface area contributed by atoms with Gasteiger partial charge in [0, 0.05) is 10.7 Å². The van der Waals surface area contributed by atoms with Crippen molar-refractivity contribution in [1.82, 2.24) is 0 Å². The molecule has 0 bridgehead atoms. The smallest absolute Gasteiger partial charge is 0.250 e. The molecule has 0 unspecified atom stereocenters. The van der Waals surface area contributed by atoms with Gasteiger partial charge in [-0.25, -0.2) is 0 Å². The molecule has 18 heavy (non-hydrogen) atoms. The number of nitrogens with one attached hydrogen (secondary N) is 1. The van der Waals surface area contributed by atoms with Crippen LogP contribution in [0.3, 0.4) is 0 Å². The Bertz CT molecular complexity index is 398. The summed E-state index contributed by atoms with van der Waals surface area (Å²) in [5, 5.41) is 2.77. The van der Waals surface area contributed by atoms with Gasteiger partial charge in [0.15, 0.2) is 0 Å². The fourth-order valence-corrected chi connectivity index (χ4v) is 1.84. The number of benzene rings is 1. The largest absolute Gasteiger partial charge is 0.497 e. The normalized spacial score (nSPS) is 10.2. The molecule has 0 aliphatic rings. The van der Waals surface area contributed by atoms with E-state index in [9.17, 15) is 4.79 Å². The zero-order valence-corrected chi connectivity index (χ0v) is 12.5. The van der Waals surface area contributed by atoms with Gasteiger partial charge in [-0.05, 0) is 40.8 Å². The number of hydrogen-bond donors (Lipinski definition) is 1. The summed E-state index contributed by atoms with van der Waals surface area (Å²) in [7, 11) is 3.19. The summed E-state index contributed by atoms with van der Waals surface area (Å²) < 4.78 is 15.9. The summed E-state index contributed by atoms with van der Waals surface area (Å²) in [6, 6.07) is 5.44. The van der Waals surface area contributed by atoms with Gasteiger partial charge in [0.2, 0.25) is 5.91 Å². The minimum atomic E-state index is -0.186. The molecule has 0 fully saturated rings. The molecule has 100 valence electrons. The van der Waals surface area contributed by atoms with Crippen LogP contribution in [0.4, 0.5) is 5.69 Å². The van der Waals surface area contributed by atoms with Crippen LogP contribution in [0, 0.1) is 3.57 Å². The third kappa shape index (κ3) is 5.19. The number of amides is 1. The molecule has 0 aromatic heterocycles. The van der Waals surface area contributed by atoms with Crippen LogP contribution in [-0.4, -0.2) is 39.9 Å². The van der Waals surface area contributed by atoms with Crippen LogP contribution < -0.4 is 10.1 Å². The van der Waals surface area contributed by atoms with Crippen LogP contribution in [0.15, 0.2) is 18.2 Å². The first-order valence-electron chi connectivity index (χ1n) is 5.37. The molecule has 5 nitrogen and oxygen atoms in total. The maximum atomic E-state index is 11.6. The van der Waals surface area contributed by atoms with Crippen molar-refractivity contribution in [3.63, 3.8) is 0 Å². The van der Waals surface area contributed by atoms with Gasteiger partial charge in [-0.15, -0.1) is 0 Å². The Morgan fingerprint density at radius 2 is 2.11 bits per heavy atom. The molecule has 0 aliphatic heterocycles. The number of hydrogen-bond acceptors (Lipinski definition) is 4. The first-order valence-corrected chi connectivity index (χ1v) is 6.45. The van der Waals surface area contributed by atoms with E-state index in [1.165, 1.54) is 0 Å². The van der Waals surface area contributed by atoms with E-state index in [-0.39, 0.29) is 12.5 Å². The molecular formula is C12H16INO4. The van der Waals surface area contributed by atoms with Crippen molar-refractivity contribution in [2.75, 3.05) is 39.4 Å². The topological polar surface area (TPSA) is 56.8 Å². The maximum Gasteiger partial charge on any atom is 0.250 e. The Hall–Kier alpha value is -0.860. The summed E-state index contributed by atoms with van der Waals surface area (Å²) in [5.74, 6) is 0.572. The lowest BCUT2D eigenvalue weighted by Crippen LogP contribution is -2.20. The molecule has 0 atom stereocenters. The second kappa shape index (κ2) is 8.28. The number of halogens is 1. The van der Waals surface area contributed by atoms with E-state index in [2.05, 4.69) is 27.9 Å². The molecule has 0 spiro atoms. The molecule has 6 heteroatoms. The second-order valence-corrected chi connectivity index (χ2v) is 4.60. The van der Waals surface area contributed by atoms with Crippen LogP contribution >= 0.6 is 22.6 Å². The second-order valence-electron chi connectivity index (χ2n) is 3.44. The molecule has 0 saturated heterocycles. The maximum absolute atomic E-state index is 11.6. The number of carbonyl (C=O) groups excluding carboxylic acids is 1.